The molecule has 0 atom stereocenters. The van der Waals surface area contributed by atoms with E-state index in [1.54, 1.807) is 12.3 Å². The van der Waals surface area contributed by atoms with Crippen molar-refractivity contribution in [3.63, 3.8) is 0 Å². The van der Waals surface area contributed by atoms with Crippen LogP contribution in [-0.4, -0.2) is 25.4 Å². The number of aromatic nitrogens is 5. The van der Waals surface area contributed by atoms with Crippen molar-refractivity contribution < 1.29 is 4.42 Å². The normalized spacial score (nSPS) is 10.9. The molecule has 7 nitrogen and oxygen atoms in total. The quantitative estimate of drug-likeness (QED) is 0.598. The Morgan fingerprint density at radius 2 is 2.13 bits per heavy atom. The van der Waals surface area contributed by atoms with Gasteiger partial charge in [-0.3, -0.25) is 0 Å². The summed E-state index contributed by atoms with van der Waals surface area (Å²) in [6, 6.07) is 1.93. The van der Waals surface area contributed by atoms with Gasteiger partial charge in [-0.25, -0.2) is 9.97 Å². The van der Waals surface area contributed by atoms with E-state index >= 15 is 0 Å². The molecule has 0 saturated heterocycles. The van der Waals surface area contributed by atoms with Crippen LogP contribution < -0.4 is 5.73 Å². The molecule has 7 heteroatoms. The van der Waals surface area contributed by atoms with Crippen molar-refractivity contribution in [2.24, 2.45) is 0 Å². The third-order valence-corrected chi connectivity index (χ3v) is 1.98. The summed E-state index contributed by atoms with van der Waals surface area (Å²) in [7, 11) is 0. The average Bonchev–Trinajstić information content (AvgIpc) is 2.84. The molecule has 3 aromatic heterocycles. The molecule has 3 aromatic rings. The third kappa shape index (κ3) is 1.21. The number of anilines is 1. The number of nitrogens with one attached hydrogen (secondary N) is 1. The van der Waals surface area contributed by atoms with Crippen molar-refractivity contribution in [2.45, 2.75) is 0 Å². The lowest BCUT2D eigenvalue weighted by atomic mass is 10.2. The highest BCUT2D eigenvalue weighted by atomic mass is 16.4. The monoisotopic (exact) mass is 202 g/mol. The van der Waals surface area contributed by atoms with Crippen molar-refractivity contribution in [1.82, 2.24) is 25.4 Å². The van der Waals surface area contributed by atoms with Gasteiger partial charge in [0, 0.05) is 11.8 Å². The molecule has 3 rings (SSSR count). The van der Waals surface area contributed by atoms with Crippen molar-refractivity contribution in [3.05, 3.63) is 18.5 Å². The lowest BCUT2D eigenvalue weighted by Crippen LogP contribution is -1.81. The SMILES string of the molecule is Nc1ncc(-c2cnc3n[nH]nc3c2)o1. The predicted octanol–water partition coefficient (Wildman–Crippen LogP) is 0.590. The molecule has 0 unspecified atom stereocenters. The number of pyridine rings is 1. The number of H-pyrrole nitrogens is 1. The van der Waals surface area contributed by atoms with E-state index in [1.807, 2.05) is 0 Å². The molecule has 0 amide bonds. The molecule has 0 aliphatic carbocycles. The van der Waals surface area contributed by atoms with Crippen molar-refractivity contribution >= 4 is 17.2 Å². The summed E-state index contributed by atoms with van der Waals surface area (Å²) in [5, 5.41) is 10.2. The molecule has 74 valence electrons. The lowest BCUT2D eigenvalue weighted by Gasteiger charge is -1.93. The summed E-state index contributed by atoms with van der Waals surface area (Å²) in [5.74, 6) is 0.560. The molecular formula is C8H6N6O. The van der Waals surface area contributed by atoms with Gasteiger partial charge in [0.2, 0.25) is 5.65 Å². The number of aromatic amines is 1. The molecule has 0 radical (unpaired) electrons. The number of fused-ring (bicyclic) bond motifs is 1. The zero-order valence-corrected chi connectivity index (χ0v) is 7.51. The van der Waals surface area contributed by atoms with Gasteiger partial charge in [-0.1, -0.05) is 0 Å². The van der Waals surface area contributed by atoms with Crippen LogP contribution in [0, 0.1) is 0 Å². The van der Waals surface area contributed by atoms with Gasteiger partial charge in [0.15, 0.2) is 5.76 Å². The zero-order chi connectivity index (χ0) is 10.3. The topological polar surface area (TPSA) is 107 Å². The summed E-state index contributed by atoms with van der Waals surface area (Å²) < 4.78 is 5.16. The number of hydrogen-bond acceptors (Lipinski definition) is 6. The molecule has 3 N–H and O–H groups in total. The highest BCUT2D eigenvalue weighted by Gasteiger charge is 2.07. The van der Waals surface area contributed by atoms with Crippen molar-refractivity contribution in [2.75, 3.05) is 5.73 Å². The molecule has 0 aliphatic heterocycles. The standard InChI is InChI=1S/C8H6N6O/c9-8-11-3-6(15-8)4-1-5-7(10-2-4)13-14-12-5/h1-3H,(H2,9,11)(H,10,12,13,14). The summed E-state index contributed by atoms with van der Waals surface area (Å²) >= 11 is 0. The number of nitrogens with two attached hydrogens (primary N) is 1. The summed E-state index contributed by atoms with van der Waals surface area (Å²) in [5.41, 5.74) is 7.37. The smallest absolute Gasteiger partial charge is 0.292 e. The highest BCUT2D eigenvalue weighted by molar-refractivity contribution is 5.75. The number of hydrogen-bond donors (Lipinski definition) is 2. The maximum absolute atomic E-state index is 5.38. The first kappa shape index (κ1) is 7.92. The Morgan fingerprint density at radius 1 is 1.20 bits per heavy atom. The lowest BCUT2D eigenvalue weighted by molar-refractivity contribution is 0.594. The number of rotatable bonds is 1. The Hall–Kier alpha value is -2.44. The first-order chi connectivity index (χ1) is 7.33. The fourth-order valence-corrected chi connectivity index (χ4v) is 1.30. The maximum atomic E-state index is 5.38. The van der Waals surface area contributed by atoms with Gasteiger partial charge in [0.25, 0.3) is 6.01 Å². The highest BCUT2D eigenvalue weighted by Crippen LogP contribution is 2.22. The second kappa shape index (κ2) is 2.77. The van der Waals surface area contributed by atoms with Crippen LogP contribution in [0.1, 0.15) is 0 Å². The van der Waals surface area contributed by atoms with E-state index in [4.69, 9.17) is 10.2 Å². The van der Waals surface area contributed by atoms with Gasteiger partial charge in [-0.2, -0.15) is 10.3 Å². The zero-order valence-electron chi connectivity index (χ0n) is 7.51. The van der Waals surface area contributed by atoms with Crippen LogP contribution >= 0.6 is 0 Å². The van der Waals surface area contributed by atoms with Crippen LogP contribution in [0.15, 0.2) is 22.9 Å². The Labute approximate surface area is 83.3 Å². The van der Waals surface area contributed by atoms with Crippen LogP contribution in [0.3, 0.4) is 0 Å². The predicted molar refractivity (Wildman–Crippen MR) is 51.6 cm³/mol. The van der Waals surface area contributed by atoms with E-state index < -0.39 is 0 Å². The molecule has 0 bridgehead atoms. The molecule has 3 heterocycles. The molecular weight excluding hydrogens is 196 g/mol. The fourth-order valence-electron chi connectivity index (χ4n) is 1.30. The molecule has 0 fully saturated rings. The molecule has 0 saturated carbocycles. The van der Waals surface area contributed by atoms with Crippen LogP contribution in [-0.2, 0) is 0 Å². The fraction of sp³-hybridized carbons (Fsp3) is 0. The summed E-state index contributed by atoms with van der Waals surface area (Å²) in [6.45, 7) is 0. The van der Waals surface area contributed by atoms with Gasteiger partial charge >= 0.3 is 0 Å². The third-order valence-electron chi connectivity index (χ3n) is 1.98. The first-order valence-corrected chi connectivity index (χ1v) is 4.21. The minimum absolute atomic E-state index is 0.130. The van der Waals surface area contributed by atoms with Crippen LogP contribution in [0.5, 0.6) is 0 Å². The molecule has 0 aliphatic rings. The molecule has 0 aromatic carbocycles. The van der Waals surface area contributed by atoms with E-state index in [2.05, 4.69) is 25.4 Å². The Morgan fingerprint density at radius 3 is 2.93 bits per heavy atom. The average molecular weight is 202 g/mol. The summed E-state index contributed by atoms with van der Waals surface area (Å²) in [6.07, 6.45) is 3.17. The van der Waals surface area contributed by atoms with E-state index in [1.165, 1.54) is 6.20 Å². The first-order valence-electron chi connectivity index (χ1n) is 4.21. The van der Waals surface area contributed by atoms with Gasteiger partial charge in [-0.05, 0) is 6.07 Å². The Bertz CT molecular complexity index is 612. The van der Waals surface area contributed by atoms with Crippen LogP contribution in [0.4, 0.5) is 6.01 Å². The van der Waals surface area contributed by atoms with Gasteiger partial charge in [-0.15, -0.1) is 5.10 Å². The number of nitrogen functional groups attached to an aromatic ring is 1. The minimum Gasteiger partial charge on any atom is -0.424 e. The summed E-state index contributed by atoms with van der Waals surface area (Å²) in [4.78, 5) is 7.89. The van der Waals surface area contributed by atoms with Gasteiger partial charge in [0.1, 0.15) is 5.52 Å². The second-order valence-corrected chi connectivity index (χ2v) is 2.95. The van der Waals surface area contributed by atoms with Crippen LogP contribution in [0.2, 0.25) is 0 Å². The van der Waals surface area contributed by atoms with E-state index in [0.29, 0.717) is 16.9 Å². The van der Waals surface area contributed by atoms with E-state index in [0.717, 1.165) is 5.56 Å². The largest absolute Gasteiger partial charge is 0.424 e. The molecule has 0 spiro atoms. The number of oxazole rings is 1. The Kier molecular flexibility index (Phi) is 1.46. The molecule has 15 heavy (non-hydrogen) atoms. The van der Waals surface area contributed by atoms with E-state index in [-0.39, 0.29) is 6.01 Å². The van der Waals surface area contributed by atoms with Gasteiger partial charge < -0.3 is 10.2 Å². The minimum atomic E-state index is 0.130. The van der Waals surface area contributed by atoms with E-state index in [9.17, 15) is 0 Å². The second-order valence-electron chi connectivity index (χ2n) is 2.95. The number of nitrogens with zero attached hydrogens (tertiary/aromatic N) is 4. The van der Waals surface area contributed by atoms with Crippen molar-refractivity contribution in [3.8, 4) is 11.3 Å². The van der Waals surface area contributed by atoms with Crippen molar-refractivity contribution in [1.29, 1.82) is 0 Å². The maximum Gasteiger partial charge on any atom is 0.292 e. The van der Waals surface area contributed by atoms with Gasteiger partial charge in [0.05, 0.1) is 6.20 Å². The van der Waals surface area contributed by atoms with Crippen LogP contribution in [0.25, 0.3) is 22.5 Å². The Balaban J connectivity index is 2.18.